The first-order chi connectivity index (χ1) is 10.4. The normalized spacial score (nSPS) is 10.0. The van der Waals surface area contributed by atoms with Crippen LogP contribution in [0.5, 0.6) is 0 Å². The number of halogens is 1. The van der Waals surface area contributed by atoms with Crippen molar-refractivity contribution in [2.75, 3.05) is 5.32 Å². The summed E-state index contributed by atoms with van der Waals surface area (Å²) in [6.07, 6.45) is 0. The third kappa shape index (κ3) is 3.06. The van der Waals surface area contributed by atoms with Gasteiger partial charge >= 0.3 is 5.97 Å². The van der Waals surface area contributed by atoms with E-state index in [9.17, 15) is 24.1 Å². The molecular formula is C14H9FN2O5. The van der Waals surface area contributed by atoms with Gasteiger partial charge in [-0.25, -0.2) is 9.18 Å². The number of nitro groups is 1. The zero-order valence-corrected chi connectivity index (χ0v) is 10.9. The number of anilines is 1. The molecule has 112 valence electrons. The Kier molecular flexibility index (Phi) is 4.12. The Hall–Kier alpha value is -3.29. The van der Waals surface area contributed by atoms with Crippen LogP contribution in [-0.4, -0.2) is 21.9 Å². The van der Waals surface area contributed by atoms with E-state index < -0.39 is 33.9 Å². The Morgan fingerprint density at radius 3 is 2.45 bits per heavy atom. The molecule has 2 aromatic rings. The van der Waals surface area contributed by atoms with Gasteiger partial charge in [-0.1, -0.05) is 12.1 Å². The van der Waals surface area contributed by atoms with Crippen molar-refractivity contribution < 1.29 is 24.0 Å². The third-order valence-electron chi connectivity index (χ3n) is 2.78. The highest BCUT2D eigenvalue weighted by Gasteiger charge is 2.26. The number of hydrogen-bond acceptors (Lipinski definition) is 4. The number of carboxylic acids is 1. The van der Waals surface area contributed by atoms with Gasteiger partial charge in [-0.2, -0.15) is 0 Å². The van der Waals surface area contributed by atoms with Crippen molar-refractivity contribution in [3.63, 3.8) is 0 Å². The first-order valence-electron chi connectivity index (χ1n) is 5.97. The summed E-state index contributed by atoms with van der Waals surface area (Å²) in [6, 6.07) is 8.30. The first-order valence-corrected chi connectivity index (χ1v) is 5.97. The molecular weight excluding hydrogens is 295 g/mol. The summed E-state index contributed by atoms with van der Waals surface area (Å²) in [5.74, 6) is -3.07. The number of rotatable bonds is 4. The van der Waals surface area contributed by atoms with Crippen molar-refractivity contribution in [2.45, 2.75) is 0 Å². The van der Waals surface area contributed by atoms with Crippen molar-refractivity contribution in [1.82, 2.24) is 0 Å². The van der Waals surface area contributed by atoms with E-state index in [4.69, 9.17) is 5.11 Å². The molecule has 0 spiro atoms. The zero-order valence-electron chi connectivity index (χ0n) is 10.9. The van der Waals surface area contributed by atoms with Gasteiger partial charge < -0.3 is 10.4 Å². The fourth-order valence-corrected chi connectivity index (χ4v) is 1.87. The molecule has 2 rings (SSSR count). The monoisotopic (exact) mass is 304 g/mol. The molecule has 0 saturated heterocycles. The molecule has 0 aliphatic carbocycles. The Labute approximate surface area is 123 Å². The van der Waals surface area contributed by atoms with E-state index in [-0.39, 0.29) is 11.3 Å². The molecule has 8 heteroatoms. The molecule has 0 atom stereocenters. The number of nitro benzene ring substituents is 1. The van der Waals surface area contributed by atoms with E-state index in [0.29, 0.717) is 0 Å². The van der Waals surface area contributed by atoms with Crippen molar-refractivity contribution >= 4 is 23.3 Å². The highest BCUT2D eigenvalue weighted by Crippen LogP contribution is 2.23. The van der Waals surface area contributed by atoms with E-state index in [1.807, 2.05) is 0 Å². The molecule has 0 saturated carbocycles. The Morgan fingerprint density at radius 1 is 1.18 bits per heavy atom. The van der Waals surface area contributed by atoms with Crippen molar-refractivity contribution in [1.29, 1.82) is 0 Å². The van der Waals surface area contributed by atoms with E-state index in [0.717, 1.165) is 18.2 Å². The fourth-order valence-electron chi connectivity index (χ4n) is 1.87. The highest BCUT2D eigenvalue weighted by molar-refractivity contribution is 6.12. The van der Waals surface area contributed by atoms with Crippen LogP contribution < -0.4 is 5.32 Å². The zero-order chi connectivity index (χ0) is 16.3. The van der Waals surface area contributed by atoms with Gasteiger partial charge in [-0.15, -0.1) is 0 Å². The number of carbonyl (C=O) groups excluding carboxylic acids is 1. The molecule has 0 fully saturated rings. The minimum Gasteiger partial charge on any atom is -0.477 e. The minimum atomic E-state index is -1.60. The van der Waals surface area contributed by atoms with Crippen LogP contribution in [-0.2, 0) is 0 Å². The number of nitrogens with one attached hydrogen (secondary N) is 1. The summed E-state index contributed by atoms with van der Waals surface area (Å²) in [4.78, 5) is 33.3. The van der Waals surface area contributed by atoms with Gasteiger partial charge in [-0.05, 0) is 24.3 Å². The van der Waals surface area contributed by atoms with Gasteiger partial charge in [0.25, 0.3) is 11.6 Å². The van der Waals surface area contributed by atoms with Crippen LogP contribution >= 0.6 is 0 Å². The second-order valence-electron chi connectivity index (χ2n) is 4.23. The Balaban J connectivity index is 2.43. The summed E-state index contributed by atoms with van der Waals surface area (Å²) in [5, 5.41) is 22.3. The lowest BCUT2D eigenvalue weighted by molar-refractivity contribution is -0.385. The standard InChI is InChI=1S/C14H9FN2O5/c15-8-3-1-4-9(7-8)16-13(18)10-5-2-6-11(17(21)22)12(10)14(19)20/h1-7H,(H,16,18)(H,19,20). The fraction of sp³-hybridized carbons (Fsp3) is 0. The van der Waals surface area contributed by atoms with Gasteiger partial charge in [0.15, 0.2) is 0 Å². The SMILES string of the molecule is O=C(Nc1cccc(F)c1)c1cccc([N+](=O)[O-])c1C(=O)O. The molecule has 0 bridgehead atoms. The Morgan fingerprint density at radius 2 is 1.86 bits per heavy atom. The second-order valence-corrected chi connectivity index (χ2v) is 4.23. The lowest BCUT2D eigenvalue weighted by atomic mass is 10.0. The number of carbonyl (C=O) groups is 2. The average Bonchev–Trinajstić information content (AvgIpc) is 2.46. The highest BCUT2D eigenvalue weighted by atomic mass is 19.1. The molecule has 7 nitrogen and oxygen atoms in total. The summed E-state index contributed by atoms with van der Waals surface area (Å²) in [6.45, 7) is 0. The summed E-state index contributed by atoms with van der Waals surface area (Å²) >= 11 is 0. The second kappa shape index (κ2) is 6.00. The van der Waals surface area contributed by atoms with Gasteiger partial charge in [0.2, 0.25) is 0 Å². The van der Waals surface area contributed by atoms with Crippen LogP contribution in [0.1, 0.15) is 20.7 Å². The smallest absolute Gasteiger partial charge is 0.343 e. The molecule has 0 aliphatic rings. The number of benzene rings is 2. The first kappa shape index (κ1) is 15.1. The third-order valence-corrected chi connectivity index (χ3v) is 2.78. The number of carboxylic acid groups (broad SMARTS) is 1. The summed E-state index contributed by atoms with van der Waals surface area (Å²) < 4.78 is 13.1. The van der Waals surface area contributed by atoms with Crippen molar-refractivity contribution in [3.8, 4) is 0 Å². The van der Waals surface area contributed by atoms with Crippen LogP contribution in [0, 0.1) is 15.9 Å². The number of nitrogens with zero attached hydrogens (tertiary/aromatic N) is 1. The van der Waals surface area contributed by atoms with E-state index >= 15 is 0 Å². The van der Waals surface area contributed by atoms with Crippen LogP contribution in [0.2, 0.25) is 0 Å². The molecule has 0 aliphatic heterocycles. The van der Waals surface area contributed by atoms with Gasteiger partial charge in [-0.3, -0.25) is 14.9 Å². The van der Waals surface area contributed by atoms with Crippen molar-refractivity contribution in [2.24, 2.45) is 0 Å². The molecule has 2 N–H and O–H groups in total. The van der Waals surface area contributed by atoms with Crippen molar-refractivity contribution in [3.05, 3.63) is 69.5 Å². The molecule has 0 radical (unpaired) electrons. The molecule has 0 unspecified atom stereocenters. The molecule has 1 amide bonds. The van der Waals surface area contributed by atoms with Crippen LogP contribution in [0.25, 0.3) is 0 Å². The molecule has 2 aromatic carbocycles. The molecule has 0 aromatic heterocycles. The lowest BCUT2D eigenvalue weighted by Crippen LogP contribution is -2.17. The Bertz CT molecular complexity index is 776. The topological polar surface area (TPSA) is 110 Å². The largest absolute Gasteiger partial charge is 0.477 e. The van der Waals surface area contributed by atoms with Gasteiger partial charge in [0.05, 0.1) is 10.5 Å². The van der Waals surface area contributed by atoms with Gasteiger partial charge in [0, 0.05) is 11.8 Å². The van der Waals surface area contributed by atoms with Gasteiger partial charge in [0.1, 0.15) is 11.4 Å². The average molecular weight is 304 g/mol. The molecule has 22 heavy (non-hydrogen) atoms. The maximum absolute atomic E-state index is 13.1. The minimum absolute atomic E-state index is 0.104. The number of hydrogen-bond donors (Lipinski definition) is 2. The predicted octanol–water partition coefficient (Wildman–Crippen LogP) is 2.68. The van der Waals surface area contributed by atoms with E-state index in [2.05, 4.69) is 5.32 Å². The number of aromatic carboxylic acids is 1. The van der Waals surface area contributed by atoms with Crippen LogP contribution in [0.15, 0.2) is 42.5 Å². The maximum Gasteiger partial charge on any atom is 0.343 e. The summed E-state index contributed by atoms with van der Waals surface area (Å²) in [7, 11) is 0. The number of amides is 1. The van der Waals surface area contributed by atoms with Crippen LogP contribution in [0.3, 0.4) is 0 Å². The maximum atomic E-state index is 13.1. The quantitative estimate of drug-likeness (QED) is 0.666. The van der Waals surface area contributed by atoms with Crippen LogP contribution in [0.4, 0.5) is 15.8 Å². The molecule has 0 heterocycles. The lowest BCUT2D eigenvalue weighted by Gasteiger charge is -2.08. The van der Waals surface area contributed by atoms with E-state index in [1.165, 1.54) is 24.3 Å². The van der Waals surface area contributed by atoms with E-state index in [1.54, 1.807) is 0 Å². The summed E-state index contributed by atoms with van der Waals surface area (Å²) in [5.41, 5.74) is -1.69. The predicted molar refractivity (Wildman–Crippen MR) is 74.4 cm³/mol.